The minimum Gasteiger partial charge on any atom is -0.325 e. The fourth-order valence-corrected chi connectivity index (χ4v) is 2.76. The van der Waals surface area contributed by atoms with E-state index in [4.69, 9.17) is 5.73 Å². The number of aromatic amines is 1. The summed E-state index contributed by atoms with van der Waals surface area (Å²) in [5.74, 6) is 1.07. The van der Waals surface area contributed by atoms with Gasteiger partial charge in [-0.3, -0.25) is 4.79 Å². The zero-order chi connectivity index (χ0) is 13.2. The van der Waals surface area contributed by atoms with Crippen molar-refractivity contribution in [1.82, 2.24) is 9.97 Å². The molecule has 3 rings (SSSR count). The minimum atomic E-state index is -0.107. The molecular weight excluding hydrogens is 238 g/mol. The van der Waals surface area contributed by atoms with Crippen molar-refractivity contribution in [3.8, 4) is 0 Å². The molecule has 3 N–H and O–H groups in total. The number of nitrogens with two attached hydrogens (primary N) is 1. The minimum absolute atomic E-state index is 0.107. The zero-order valence-electron chi connectivity index (χ0n) is 10.7. The zero-order valence-corrected chi connectivity index (χ0v) is 10.7. The Morgan fingerprint density at radius 1 is 1.32 bits per heavy atom. The molecule has 1 aliphatic carbocycles. The van der Waals surface area contributed by atoms with Crippen LogP contribution in [-0.2, 0) is 19.4 Å². The van der Waals surface area contributed by atoms with Gasteiger partial charge in [0, 0.05) is 18.5 Å². The van der Waals surface area contributed by atoms with Crippen LogP contribution in [0.15, 0.2) is 35.1 Å². The van der Waals surface area contributed by atoms with Crippen LogP contribution in [0.1, 0.15) is 35.0 Å². The van der Waals surface area contributed by atoms with Crippen molar-refractivity contribution in [3.63, 3.8) is 0 Å². The molecule has 0 saturated heterocycles. The highest BCUT2D eigenvalue weighted by Gasteiger charge is 2.21. The van der Waals surface area contributed by atoms with Gasteiger partial charge in [0.05, 0.1) is 5.69 Å². The van der Waals surface area contributed by atoms with Crippen LogP contribution in [0, 0.1) is 0 Å². The van der Waals surface area contributed by atoms with E-state index in [2.05, 4.69) is 34.2 Å². The molecule has 1 heterocycles. The van der Waals surface area contributed by atoms with Crippen molar-refractivity contribution < 1.29 is 0 Å². The molecule has 98 valence electrons. The van der Waals surface area contributed by atoms with Crippen LogP contribution in [0.2, 0.25) is 0 Å². The van der Waals surface area contributed by atoms with E-state index >= 15 is 0 Å². The Hall–Kier alpha value is -1.94. The first kappa shape index (κ1) is 12.1. The summed E-state index contributed by atoms with van der Waals surface area (Å²) >= 11 is 0. The second-order valence-corrected chi connectivity index (χ2v) is 5.03. The highest BCUT2D eigenvalue weighted by molar-refractivity contribution is 5.31. The molecule has 4 nitrogen and oxygen atoms in total. The number of aromatic nitrogens is 2. The molecule has 19 heavy (non-hydrogen) atoms. The van der Waals surface area contributed by atoms with E-state index in [1.54, 1.807) is 0 Å². The molecule has 1 aliphatic rings. The summed E-state index contributed by atoms with van der Waals surface area (Å²) in [4.78, 5) is 18.9. The van der Waals surface area contributed by atoms with E-state index in [1.807, 2.05) is 0 Å². The lowest BCUT2D eigenvalue weighted by molar-refractivity contribution is 0.550. The molecule has 1 unspecified atom stereocenters. The molecular formula is C15H17N3O. The van der Waals surface area contributed by atoms with Crippen LogP contribution < -0.4 is 11.3 Å². The molecule has 0 fully saturated rings. The van der Waals surface area contributed by atoms with E-state index in [1.165, 1.54) is 17.2 Å². The third kappa shape index (κ3) is 2.44. The predicted molar refractivity (Wildman–Crippen MR) is 74.0 cm³/mol. The van der Waals surface area contributed by atoms with Crippen LogP contribution in [0.25, 0.3) is 0 Å². The maximum atomic E-state index is 11.6. The monoisotopic (exact) mass is 255 g/mol. The van der Waals surface area contributed by atoms with Crippen molar-refractivity contribution in [2.75, 3.05) is 0 Å². The number of hydrogen-bond donors (Lipinski definition) is 2. The Balaban J connectivity index is 1.93. The van der Waals surface area contributed by atoms with E-state index in [0.717, 1.165) is 25.1 Å². The van der Waals surface area contributed by atoms with Crippen LogP contribution in [0.5, 0.6) is 0 Å². The molecule has 0 radical (unpaired) electrons. The molecule has 2 aromatic rings. The van der Waals surface area contributed by atoms with Crippen LogP contribution in [0.3, 0.4) is 0 Å². The summed E-state index contributed by atoms with van der Waals surface area (Å²) < 4.78 is 0. The van der Waals surface area contributed by atoms with E-state index in [9.17, 15) is 4.79 Å². The normalized spacial score (nSPS) is 18.1. The standard InChI is InChI=1S/C15H17N3O/c16-9-13-8-14(19)18-15(17-13)12-6-5-10-3-1-2-4-11(10)7-12/h1-4,8,12H,5-7,9,16H2,(H,17,18,19). The average Bonchev–Trinajstić information content (AvgIpc) is 2.46. The topological polar surface area (TPSA) is 71.8 Å². The van der Waals surface area contributed by atoms with Crippen molar-refractivity contribution in [3.05, 3.63) is 63.3 Å². The van der Waals surface area contributed by atoms with Gasteiger partial charge >= 0.3 is 0 Å². The molecule has 0 aliphatic heterocycles. The van der Waals surface area contributed by atoms with Crippen molar-refractivity contribution in [2.45, 2.75) is 31.7 Å². The Bertz CT molecular complexity index is 648. The Morgan fingerprint density at radius 3 is 2.89 bits per heavy atom. The molecule has 0 amide bonds. The third-order valence-corrected chi connectivity index (χ3v) is 3.76. The highest BCUT2D eigenvalue weighted by Crippen LogP contribution is 2.30. The molecule has 1 aromatic heterocycles. The molecule has 1 aromatic carbocycles. The number of hydrogen-bond acceptors (Lipinski definition) is 3. The third-order valence-electron chi connectivity index (χ3n) is 3.76. The first-order valence-corrected chi connectivity index (χ1v) is 6.63. The molecule has 0 spiro atoms. The van der Waals surface area contributed by atoms with Gasteiger partial charge in [-0.15, -0.1) is 0 Å². The van der Waals surface area contributed by atoms with Crippen LogP contribution >= 0.6 is 0 Å². The van der Waals surface area contributed by atoms with E-state index < -0.39 is 0 Å². The lowest BCUT2D eigenvalue weighted by atomic mass is 9.83. The second kappa shape index (κ2) is 4.97. The number of fused-ring (bicyclic) bond motifs is 1. The van der Waals surface area contributed by atoms with Crippen molar-refractivity contribution in [2.24, 2.45) is 5.73 Å². The van der Waals surface area contributed by atoms with Gasteiger partial charge < -0.3 is 10.7 Å². The van der Waals surface area contributed by atoms with Gasteiger partial charge in [0.1, 0.15) is 5.82 Å². The van der Waals surface area contributed by atoms with Crippen molar-refractivity contribution >= 4 is 0 Å². The van der Waals surface area contributed by atoms with Gasteiger partial charge in [0.15, 0.2) is 0 Å². The Labute approximate surface area is 111 Å². The van der Waals surface area contributed by atoms with Crippen LogP contribution in [-0.4, -0.2) is 9.97 Å². The number of nitrogens with one attached hydrogen (secondary N) is 1. The number of H-pyrrole nitrogens is 1. The molecule has 4 heteroatoms. The molecule has 1 atom stereocenters. The number of benzene rings is 1. The van der Waals surface area contributed by atoms with Gasteiger partial charge in [0.25, 0.3) is 5.56 Å². The smallest absolute Gasteiger partial charge is 0.251 e. The van der Waals surface area contributed by atoms with E-state index in [-0.39, 0.29) is 11.5 Å². The van der Waals surface area contributed by atoms with Gasteiger partial charge in [-0.05, 0) is 30.4 Å². The maximum Gasteiger partial charge on any atom is 0.251 e. The van der Waals surface area contributed by atoms with E-state index in [0.29, 0.717) is 12.2 Å². The summed E-state index contributed by atoms with van der Waals surface area (Å²) in [6, 6.07) is 9.95. The quantitative estimate of drug-likeness (QED) is 0.854. The second-order valence-electron chi connectivity index (χ2n) is 5.03. The summed E-state index contributed by atoms with van der Waals surface area (Å²) in [7, 11) is 0. The Kier molecular flexibility index (Phi) is 3.17. The SMILES string of the molecule is NCc1cc(=O)[nH]c(C2CCc3ccccc3C2)n1. The summed E-state index contributed by atoms with van der Waals surface area (Å²) in [6.45, 7) is 0.306. The lowest BCUT2D eigenvalue weighted by Crippen LogP contribution is -2.21. The van der Waals surface area contributed by atoms with Gasteiger partial charge in [-0.25, -0.2) is 4.98 Å². The van der Waals surface area contributed by atoms with Crippen molar-refractivity contribution in [1.29, 1.82) is 0 Å². The maximum absolute atomic E-state index is 11.6. The number of rotatable bonds is 2. The van der Waals surface area contributed by atoms with Gasteiger partial charge in [0.2, 0.25) is 0 Å². The number of nitrogens with zero attached hydrogens (tertiary/aromatic N) is 1. The molecule has 0 saturated carbocycles. The summed E-state index contributed by atoms with van der Waals surface area (Å²) in [5.41, 5.74) is 8.91. The van der Waals surface area contributed by atoms with Gasteiger partial charge in [-0.1, -0.05) is 24.3 Å². The lowest BCUT2D eigenvalue weighted by Gasteiger charge is -2.23. The van der Waals surface area contributed by atoms with Crippen LogP contribution in [0.4, 0.5) is 0 Å². The molecule has 0 bridgehead atoms. The Morgan fingerprint density at radius 2 is 2.11 bits per heavy atom. The highest BCUT2D eigenvalue weighted by atomic mass is 16.1. The first-order chi connectivity index (χ1) is 9.26. The van der Waals surface area contributed by atoms with Gasteiger partial charge in [-0.2, -0.15) is 0 Å². The first-order valence-electron chi connectivity index (χ1n) is 6.63. The fourth-order valence-electron chi connectivity index (χ4n) is 2.76. The summed E-state index contributed by atoms with van der Waals surface area (Å²) in [6.07, 6.45) is 3.00. The predicted octanol–water partition coefficient (Wildman–Crippen LogP) is 1.50. The fraction of sp³-hybridized carbons (Fsp3) is 0.333. The largest absolute Gasteiger partial charge is 0.325 e. The number of aryl methyl sites for hydroxylation is 1. The summed E-state index contributed by atoms with van der Waals surface area (Å²) in [5, 5.41) is 0. The average molecular weight is 255 g/mol.